The second-order valence-corrected chi connectivity index (χ2v) is 8.37. The van der Waals surface area contributed by atoms with E-state index >= 15 is 0 Å². The molecule has 38 heavy (non-hydrogen) atoms. The number of aromatic nitrogens is 2. The molecule has 4 unspecified atom stereocenters. The lowest BCUT2D eigenvalue weighted by molar-refractivity contribution is -0.144. The van der Waals surface area contributed by atoms with Crippen molar-refractivity contribution in [3.63, 3.8) is 0 Å². The van der Waals surface area contributed by atoms with Gasteiger partial charge < -0.3 is 42.6 Å². The van der Waals surface area contributed by atoms with Crippen molar-refractivity contribution in [2.24, 2.45) is 11.5 Å². The van der Waals surface area contributed by atoms with Gasteiger partial charge in [-0.3, -0.25) is 24.0 Å². The van der Waals surface area contributed by atoms with Crippen LogP contribution in [0.5, 0.6) is 0 Å². The summed E-state index contributed by atoms with van der Waals surface area (Å²) < 4.78 is 0. The molecule has 2 aromatic rings. The van der Waals surface area contributed by atoms with Crippen molar-refractivity contribution < 1.29 is 39.0 Å². The summed E-state index contributed by atoms with van der Waals surface area (Å²) in [5, 5.41) is 25.3. The van der Waals surface area contributed by atoms with E-state index in [4.69, 9.17) is 11.5 Å². The number of nitrogens with zero attached hydrogens (tertiary/aromatic N) is 1. The van der Waals surface area contributed by atoms with Crippen LogP contribution < -0.4 is 27.4 Å². The molecule has 0 saturated carbocycles. The molecule has 4 atom stereocenters. The van der Waals surface area contributed by atoms with Gasteiger partial charge in [0, 0.05) is 18.3 Å². The summed E-state index contributed by atoms with van der Waals surface area (Å²) >= 11 is 0. The van der Waals surface area contributed by atoms with Gasteiger partial charge in [-0.2, -0.15) is 0 Å². The van der Waals surface area contributed by atoms with Crippen molar-refractivity contribution in [1.29, 1.82) is 0 Å². The van der Waals surface area contributed by atoms with Gasteiger partial charge in [-0.05, 0) is 12.0 Å². The van der Waals surface area contributed by atoms with Crippen molar-refractivity contribution in [2.45, 2.75) is 49.9 Å². The van der Waals surface area contributed by atoms with Gasteiger partial charge in [-0.1, -0.05) is 30.3 Å². The number of nitrogens with two attached hydrogens (primary N) is 2. The fourth-order valence-corrected chi connectivity index (χ4v) is 3.39. The molecule has 0 aliphatic rings. The lowest BCUT2D eigenvalue weighted by Crippen LogP contribution is -2.58. The van der Waals surface area contributed by atoms with Gasteiger partial charge in [0.1, 0.15) is 18.1 Å². The Morgan fingerprint density at radius 2 is 1.45 bits per heavy atom. The zero-order chi connectivity index (χ0) is 28.2. The predicted octanol–water partition coefficient (Wildman–Crippen LogP) is -2.59. The Morgan fingerprint density at radius 1 is 0.842 bits per heavy atom. The summed E-state index contributed by atoms with van der Waals surface area (Å²) in [6.45, 7) is 0. The Bertz CT molecular complexity index is 1140. The van der Waals surface area contributed by atoms with Gasteiger partial charge >= 0.3 is 11.9 Å². The van der Waals surface area contributed by atoms with Gasteiger partial charge in [-0.15, -0.1) is 0 Å². The molecule has 15 nitrogen and oxygen atoms in total. The number of carbonyl (C=O) groups is 6. The van der Waals surface area contributed by atoms with Crippen LogP contribution in [0, 0.1) is 0 Å². The minimum atomic E-state index is -1.67. The highest BCUT2D eigenvalue weighted by Crippen LogP contribution is 2.05. The summed E-state index contributed by atoms with van der Waals surface area (Å²) in [6.07, 6.45) is 1.04. The molecular formula is C23H29N7O8. The Labute approximate surface area is 216 Å². The molecule has 1 aromatic heterocycles. The molecule has 0 radical (unpaired) electrons. The van der Waals surface area contributed by atoms with Crippen LogP contribution in [-0.2, 0) is 41.6 Å². The van der Waals surface area contributed by atoms with Gasteiger partial charge in [0.25, 0.3) is 0 Å². The number of hydrogen-bond donors (Lipinski definition) is 8. The maximum Gasteiger partial charge on any atom is 0.326 e. The predicted molar refractivity (Wildman–Crippen MR) is 130 cm³/mol. The number of benzene rings is 1. The summed E-state index contributed by atoms with van der Waals surface area (Å²) in [4.78, 5) is 79.1. The first-order valence-electron chi connectivity index (χ1n) is 11.4. The number of H-pyrrole nitrogens is 1. The fourth-order valence-electron chi connectivity index (χ4n) is 3.39. The van der Waals surface area contributed by atoms with E-state index in [-0.39, 0.29) is 12.8 Å². The maximum absolute atomic E-state index is 13.0. The van der Waals surface area contributed by atoms with E-state index in [0.717, 1.165) is 5.56 Å². The smallest absolute Gasteiger partial charge is 0.326 e. The molecule has 1 heterocycles. The molecule has 15 heteroatoms. The van der Waals surface area contributed by atoms with Crippen LogP contribution in [0.1, 0.15) is 24.1 Å². The number of amides is 4. The number of aromatic amines is 1. The number of imidazole rings is 1. The Hall–Kier alpha value is -4.79. The minimum absolute atomic E-state index is 0.120. The Morgan fingerprint density at radius 3 is 2.00 bits per heavy atom. The van der Waals surface area contributed by atoms with Gasteiger partial charge in [-0.25, -0.2) is 9.78 Å². The normalized spacial score (nSPS) is 13.8. The van der Waals surface area contributed by atoms with Gasteiger partial charge in [0.2, 0.25) is 23.6 Å². The largest absolute Gasteiger partial charge is 0.481 e. The quantitative estimate of drug-likeness (QED) is 0.119. The number of carboxylic acid groups (broad SMARTS) is 2. The minimum Gasteiger partial charge on any atom is -0.481 e. The van der Waals surface area contributed by atoms with E-state index in [2.05, 4.69) is 25.9 Å². The van der Waals surface area contributed by atoms with Crippen LogP contribution in [0.3, 0.4) is 0 Å². The van der Waals surface area contributed by atoms with Crippen molar-refractivity contribution in [3.05, 3.63) is 54.1 Å². The zero-order valence-corrected chi connectivity index (χ0v) is 20.1. The first-order valence-corrected chi connectivity index (χ1v) is 11.4. The van der Waals surface area contributed by atoms with Crippen LogP contribution in [0.25, 0.3) is 0 Å². The fraction of sp³-hybridized carbons (Fsp3) is 0.348. The maximum atomic E-state index is 13.0. The van der Waals surface area contributed by atoms with Crippen LogP contribution in [-0.4, -0.2) is 79.9 Å². The molecule has 0 bridgehead atoms. The third-order valence-electron chi connectivity index (χ3n) is 5.28. The SMILES string of the molecule is NC(=O)CC(NC(=O)C(Cc1cnc[nH]1)NC(=O)C(CC(=O)O)NC(=O)C(N)Cc1ccccc1)C(=O)O. The lowest BCUT2D eigenvalue weighted by Gasteiger charge is -2.24. The van der Waals surface area contributed by atoms with E-state index in [1.165, 1.54) is 12.5 Å². The number of nitrogens with one attached hydrogen (secondary N) is 4. The monoisotopic (exact) mass is 531 g/mol. The van der Waals surface area contributed by atoms with Crippen molar-refractivity contribution >= 4 is 35.6 Å². The molecule has 2 rings (SSSR count). The second kappa shape index (κ2) is 14.1. The first-order chi connectivity index (χ1) is 18.0. The molecule has 204 valence electrons. The summed E-state index contributed by atoms with van der Waals surface area (Å²) in [6, 6.07) is 2.95. The number of primary amides is 1. The number of carbonyl (C=O) groups excluding carboxylic acids is 4. The summed E-state index contributed by atoms with van der Waals surface area (Å²) in [5.74, 6) is -6.76. The standard InChI is InChI=1S/C23H29N7O8/c24-14(6-12-4-2-1-3-5-12)20(34)28-16(9-19(32)33)22(36)29-15(7-13-10-26-11-27-13)21(35)30-17(23(37)38)8-18(25)31/h1-5,10-11,14-17H,6-9,24H2,(H2,25,31)(H,26,27)(H,28,34)(H,29,36)(H,30,35)(H,32,33)(H,37,38). The molecule has 0 fully saturated rings. The molecule has 0 saturated heterocycles. The number of hydrogen-bond acceptors (Lipinski definition) is 8. The Balaban J connectivity index is 2.18. The Kier molecular flexibility index (Phi) is 10.9. The molecular weight excluding hydrogens is 502 g/mol. The number of aliphatic carboxylic acids is 2. The van der Waals surface area contributed by atoms with Gasteiger partial charge in [0.15, 0.2) is 0 Å². The number of rotatable bonds is 15. The van der Waals surface area contributed by atoms with Crippen LogP contribution in [0.4, 0.5) is 0 Å². The van der Waals surface area contributed by atoms with E-state index < -0.39 is 72.6 Å². The van der Waals surface area contributed by atoms with Crippen molar-refractivity contribution in [1.82, 2.24) is 25.9 Å². The molecule has 4 amide bonds. The van der Waals surface area contributed by atoms with Crippen LogP contribution in [0.15, 0.2) is 42.9 Å². The lowest BCUT2D eigenvalue weighted by atomic mass is 10.0. The van der Waals surface area contributed by atoms with Crippen LogP contribution >= 0.6 is 0 Å². The highest BCUT2D eigenvalue weighted by molar-refractivity contribution is 5.96. The molecule has 0 aliphatic heterocycles. The molecule has 0 aliphatic carbocycles. The third kappa shape index (κ3) is 9.69. The third-order valence-corrected chi connectivity index (χ3v) is 5.28. The first kappa shape index (κ1) is 29.4. The molecule has 10 N–H and O–H groups in total. The van der Waals surface area contributed by atoms with Crippen molar-refractivity contribution in [3.8, 4) is 0 Å². The summed E-state index contributed by atoms with van der Waals surface area (Å²) in [7, 11) is 0. The van der Waals surface area contributed by atoms with Crippen LogP contribution in [0.2, 0.25) is 0 Å². The van der Waals surface area contributed by atoms with E-state index in [9.17, 15) is 39.0 Å². The van der Waals surface area contributed by atoms with E-state index in [0.29, 0.717) is 5.69 Å². The molecule has 1 aromatic carbocycles. The second-order valence-electron chi connectivity index (χ2n) is 8.37. The van der Waals surface area contributed by atoms with E-state index in [1.807, 2.05) is 0 Å². The number of carboxylic acids is 2. The van der Waals surface area contributed by atoms with Gasteiger partial charge in [0.05, 0.1) is 25.2 Å². The topological polar surface area (TPSA) is 260 Å². The molecule has 0 spiro atoms. The highest BCUT2D eigenvalue weighted by atomic mass is 16.4. The zero-order valence-electron chi connectivity index (χ0n) is 20.1. The average molecular weight is 532 g/mol. The summed E-state index contributed by atoms with van der Waals surface area (Å²) in [5.41, 5.74) is 12.1. The average Bonchev–Trinajstić information content (AvgIpc) is 3.35. The van der Waals surface area contributed by atoms with E-state index in [1.54, 1.807) is 30.3 Å². The van der Waals surface area contributed by atoms with Crippen molar-refractivity contribution in [2.75, 3.05) is 0 Å². The highest BCUT2D eigenvalue weighted by Gasteiger charge is 2.32.